The van der Waals surface area contributed by atoms with Gasteiger partial charge < -0.3 is 24.1 Å². The van der Waals surface area contributed by atoms with Crippen molar-refractivity contribution in [2.75, 3.05) is 13.3 Å². The Morgan fingerprint density at radius 2 is 2.25 bits per heavy atom. The van der Waals surface area contributed by atoms with Gasteiger partial charge in [0, 0.05) is 31.5 Å². The summed E-state index contributed by atoms with van der Waals surface area (Å²) in [4.78, 5) is 16.3. The molecule has 1 aliphatic heterocycles. The van der Waals surface area contributed by atoms with Gasteiger partial charge in [0.15, 0.2) is 17.6 Å². The molecule has 0 unspecified atom stereocenters. The van der Waals surface area contributed by atoms with Crippen molar-refractivity contribution in [3.8, 4) is 17.2 Å². The van der Waals surface area contributed by atoms with Crippen LogP contribution in [0.5, 0.6) is 17.2 Å². The monoisotopic (exact) mass is 331 g/mol. The van der Waals surface area contributed by atoms with E-state index in [9.17, 15) is 4.79 Å². The second-order valence-electron chi connectivity index (χ2n) is 5.59. The maximum atomic E-state index is 12.1. The van der Waals surface area contributed by atoms with Crippen molar-refractivity contribution in [1.29, 1.82) is 0 Å². The lowest BCUT2D eigenvalue weighted by atomic mass is 10.3. The molecule has 0 saturated carbocycles. The normalized spacial score (nSPS) is 13.6. The van der Waals surface area contributed by atoms with Crippen molar-refractivity contribution in [1.82, 2.24) is 14.9 Å². The highest BCUT2D eigenvalue weighted by atomic mass is 16.7. The number of aryl methyl sites for hydroxylation is 2. The fourth-order valence-electron chi connectivity index (χ4n) is 2.45. The van der Waals surface area contributed by atoms with Crippen LogP contribution in [0.2, 0.25) is 0 Å². The zero-order valence-corrected chi connectivity index (χ0v) is 13.8. The zero-order valence-electron chi connectivity index (χ0n) is 13.8. The second-order valence-corrected chi connectivity index (χ2v) is 5.59. The van der Waals surface area contributed by atoms with Crippen LogP contribution in [-0.4, -0.2) is 34.9 Å². The summed E-state index contributed by atoms with van der Waals surface area (Å²) in [6.45, 7) is 5.31. The fraction of sp³-hybridized carbons (Fsp3) is 0.412. The highest BCUT2D eigenvalue weighted by molar-refractivity contribution is 5.80. The van der Waals surface area contributed by atoms with E-state index in [0.717, 1.165) is 18.8 Å². The van der Waals surface area contributed by atoms with Gasteiger partial charge in [-0.3, -0.25) is 4.79 Å². The van der Waals surface area contributed by atoms with Crippen molar-refractivity contribution in [2.45, 2.75) is 32.9 Å². The van der Waals surface area contributed by atoms with Gasteiger partial charge in [-0.1, -0.05) is 0 Å². The summed E-state index contributed by atoms with van der Waals surface area (Å²) in [6.07, 6.45) is 3.96. The Morgan fingerprint density at radius 1 is 1.42 bits per heavy atom. The number of hydrogen-bond donors (Lipinski definition) is 1. The van der Waals surface area contributed by atoms with Gasteiger partial charge in [-0.25, -0.2) is 4.98 Å². The quantitative estimate of drug-likeness (QED) is 0.784. The molecule has 1 atom stereocenters. The molecule has 7 heteroatoms. The number of fused-ring (bicyclic) bond motifs is 1. The molecule has 2 aromatic rings. The lowest BCUT2D eigenvalue weighted by Crippen LogP contribution is -2.37. The Bertz CT molecular complexity index is 714. The van der Waals surface area contributed by atoms with Crippen LogP contribution in [0.3, 0.4) is 0 Å². The number of aromatic nitrogens is 2. The summed E-state index contributed by atoms with van der Waals surface area (Å²) >= 11 is 0. The van der Waals surface area contributed by atoms with Gasteiger partial charge >= 0.3 is 0 Å². The number of benzene rings is 1. The minimum absolute atomic E-state index is 0.144. The van der Waals surface area contributed by atoms with Gasteiger partial charge in [0.05, 0.1) is 0 Å². The van der Waals surface area contributed by atoms with E-state index < -0.39 is 6.10 Å². The van der Waals surface area contributed by atoms with Gasteiger partial charge in [0.25, 0.3) is 5.91 Å². The molecule has 1 aromatic carbocycles. The molecule has 24 heavy (non-hydrogen) atoms. The van der Waals surface area contributed by atoms with Crippen LogP contribution in [0.4, 0.5) is 0 Å². The molecule has 1 N–H and O–H groups in total. The minimum atomic E-state index is -0.583. The highest BCUT2D eigenvalue weighted by Crippen LogP contribution is 2.35. The number of amides is 1. The maximum Gasteiger partial charge on any atom is 0.260 e. The molecule has 0 radical (unpaired) electrons. The summed E-state index contributed by atoms with van der Waals surface area (Å²) in [6, 6.07) is 5.27. The smallest absolute Gasteiger partial charge is 0.260 e. The summed E-state index contributed by atoms with van der Waals surface area (Å²) in [5.74, 6) is 2.73. The van der Waals surface area contributed by atoms with Crippen molar-refractivity contribution >= 4 is 5.91 Å². The average molecular weight is 331 g/mol. The maximum absolute atomic E-state index is 12.1. The van der Waals surface area contributed by atoms with Crippen molar-refractivity contribution in [2.24, 2.45) is 0 Å². The van der Waals surface area contributed by atoms with Crippen LogP contribution < -0.4 is 19.5 Å². The van der Waals surface area contributed by atoms with E-state index >= 15 is 0 Å². The molecule has 128 valence electrons. The highest BCUT2D eigenvalue weighted by Gasteiger charge is 2.17. The van der Waals surface area contributed by atoms with Crippen molar-refractivity contribution < 1.29 is 19.0 Å². The molecule has 1 aromatic heterocycles. The molecule has 2 heterocycles. The molecule has 1 aliphatic rings. The number of hydrogen-bond acceptors (Lipinski definition) is 5. The Hall–Kier alpha value is -2.70. The van der Waals surface area contributed by atoms with E-state index in [1.165, 1.54) is 0 Å². The molecule has 3 rings (SSSR count). The molecule has 1 amide bonds. The number of imidazole rings is 1. The van der Waals surface area contributed by atoms with Crippen molar-refractivity contribution in [3.63, 3.8) is 0 Å². The van der Waals surface area contributed by atoms with Crippen LogP contribution in [0.15, 0.2) is 30.6 Å². The second kappa shape index (κ2) is 7.25. The van der Waals surface area contributed by atoms with E-state index in [0.29, 0.717) is 23.8 Å². The van der Waals surface area contributed by atoms with Crippen LogP contribution >= 0.6 is 0 Å². The summed E-state index contributed by atoms with van der Waals surface area (Å²) in [7, 11) is 0. The summed E-state index contributed by atoms with van der Waals surface area (Å²) in [5.41, 5.74) is 0. The van der Waals surface area contributed by atoms with E-state index in [1.54, 1.807) is 31.3 Å². The van der Waals surface area contributed by atoms with E-state index in [-0.39, 0.29) is 12.7 Å². The minimum Gasteiger partial charge on any atom is -0.481 e. The standard InChI is InChI=1S/C17H21N3O4/c1-12(24-14-4-5-15-16(10-14)23-11-22-15)17(21)19-6-3-8-20-9-7-18-13(20)2/h4-5,7,9-10,12H,3,6,8,11H2,1-2H3,(H,19,21)/t12-/m0/s1. The number of nitrogens with one attached hydrogen (secondary N) is 1. The number of carbonyl (C=O) groups excluding carboxylic acids is 1. The average Bonchev–Trinajstić information content (AvgIpc) is 3.19. The van der Waals surface area contributed by atoms with E-state index in [1.807, 2.05) is 13.1 Å². The number of rotatable bonds is 7. The van der Waals surface area contributed by atoms with Crippen LogP contribution in [0.1, 0.15) is 19.2 Å². The lowest BCUT2D eigenvalue weighted by Gasteiger charge is -2.15. The van der Waals surface area contributed by atoms with Gasteiger partial charge in [0.2, 0.25) is 6.79 Å². The van der Waals surface area contributed by atoms with Crippen LogP contribution in [0, 0.1) is 6.92 Å². The first kappa shape index (κ1) is 16.2. The van der Waals surface area contributed by atoms with Crippen molar-refractivity contribution in [3.05, 3.63) is 36.4 Å². The predicted octanol–water partition coefficient (Wildman–Crippen LogP) is 1.89. The van der Waals surface area contributed by atoms with Gasteiger partial charge in [-0.05, 0) is 32.4 Å². The molecule has 0 saturated heterocycles. The third-order valence-electron chi connectivity index (χ3n) is 3.82. The Labute approximate surface area is 140 Å². The molecule has 0 bridgehead atoms. The van der Waals surface area contributed by atoms with Gasteiger partial charge in [-0.15, -0.1) is 0 Å². The first-order valence-corrected chi connectivity index (χ1v) is 7.95. The largest absolute Gasteiger partial charge is 0.481 e. The Kier molecular flexibility index (Phi) is 4.88. The topological polar surface area (TPSA) is 74.6 Å². The van der Waals surface area contributed by atoms with E-state index in [2.05, 4.69) is 14.9 Å². The first-order valence-electron chi connectivity index (χ1n) is 7.95. The summed E-state index contributed by atoms with van der Waals surface area (Å²) in [5, 5.41) is 2.88. The molecule has 0 fully saturated rings. The summed E-state index contributed by atoms with van der Waals surface area (Å²) < 4.78 is 18.3. The number of ether oxygens (including phenoxy) is 3. The molecule has 0 aliphatic carbocycles. The molecule has 0 spiro atoms. The third-order valence-corrected chi connectivity index (χ3v) is 3.82. The SMILES string of the molecule is Cc1nccn1CCCNC(=O)[C@H](C)Oc1ccc2c(c1)OCO2. The Balaban J connectivity index is 1.42. The third kappa shape index (κ3) is 3.79. The molecular formula is C17H21N3O4. The zero-order chi connectivity index (χ0) is 16.9. The fourth-order valence-corrected chi connectivity index (χ4v) is 2.45. The number of nitrogens with zero attached hydrogens (tertiary/aromatic N) is 2. The number of carbonyl (C=O) groups is 1. The first-order chi connectivity index (χ1) is 11.6. The Morgan fingerprint density at radius 3 is 3.04 bits per heavy atom. The van der Waals surface area contributed by atoms with Crippen LogP contribution in [0.25, 0.3) is 0 Å². The van der Waals surface area contributed by atoms with Gasteiger partial charge in [-0.2, -0.15) is 0 Å². The molecular weight excluding hydrogens is 310 g/mol. The van der Waals surface area contributed by atoms with Gasteiger partial charge in [0.1, 0.15) is 11.6 Å². The molecule has 7 nitrogen and oxygen atoms in total. The lowest BCUT2D eigenvalue weighted by molar-refractivity contribution is -0.127. The van der Waals surface area contributed by atoms with E-state index in [4.69, 9.17) is 14.2 Å². The predicted molar refractivity (Wildman–Crippen MR) is 87.2 cm³/mol. The van der Waals surface area contributed by atoms with Crippen LogP contribution in [-0.2, 0) is 11.3 Å².